The summed E-state index contributed by atoms with van der Waals surface area (Å²) in [6.45, 7) is 0.484. The van der Waals surface area contributed by atoms with Gasteiger partial charge in [0.2, 0.25) is 0 Å². The van der Waals surface area contributed by atoms with Crippen molar-refractivity contribution in [2.75, 3.05) is 19.6 Å². The monoisotopic (exact) mass is 412 g/mol. The predicted octanol–water partition coefficient (Wildman–Crippen LogP) is 3.17. The van der Waals surface area contributed by atoms with E-state index in [9.17, 15) is 13.9 Å². The van der Waals surface area contributed by atoms with Gasteiger partial charge < -0.3 is 20.5 Å². The van der Waals surface area contributed by atoms with Crippen LogP contribution in [0, 0.1) is 0 Å². The molecule has 0 radical (unpaired) electrons. The van der Waals surface area contributed by atoms with Crippen LogP contribution in [0.1, 0.15) is 24.2 Å². The summed E-state index contributed by atoms with van der Waals surface area (Å²) in [5, 5.41) is 17.0. The van der Waals surface area contributed by atoms with Crippen LogP contribution in [-0.2, 0) is 6.42 Å². The molecule has 1 atom stereocenters. The van der Waals surface area contributed by atoms with E-state index in [0.717, 1.165) is 12.0 Å². The van der Waals surface area contributed by atoms with E-state index >= 15 is 0 Å². The Kier molecular flexibility index (Phi) is 8.90. The summed E-state index contributed by atoms with van der Waals surface area (Å²) >= 11 is 5.77. The number of halogens is 3. The number of rotatable bonds is 9. The van der Waals surface area contributed by atoms with Gasteiger partial charge in [0.05, 0.1) is 12.6 Å². The summed E-state index contributed by atoms with van der Waals surface area (Å²) in [5.74, 6) is 0.613. The summed E-state index contributed by atoms with van der Waals surface area (Å²) in [6.07, 6.45) is 1.60. The number of pyridine rings is 1. The molecule has 1 heterocycles. The van der Waals surface area contributed by atoms with E-state index < -0.39 is 12.7 Å². The first-order valence-electron chi connectivity index (χ1n) is 8.83. The Bertz CT molecular complexity index is 743. The molecule has 1 unspecified atom stereocenters. The molecule has 0 bridgehead atoms. The average molecular weight is 413 g/mol. The standard InChI is InChI=1S/C19H23ClF2N4O2/c1-2-23-19(24-10-9-13-3-8-17(20)25-11-13)26-12-16(27)14-4-6-15(7-5-14)28-18(21)22/h3-8,11,16,18,27H,2,9-10,12H2,1H3,(H2,23,24,26). The second kappa shape index (κ2) is 11.4. The first kappa shape index (κ1) is 21.8. The molecule has 0 aliphatic heterocycles. The Morgan fingerprint density at radius 1 is 1.21 bits per heavy atom. The smallest absolute Gasteiger partial charge is 0.387 e. The van der Waals surface area contributed by atoms with Gasteiger partial charge in [-0.3, -0.25) is 4.99 Å². The van der Waals surface area contributed by atoms with Gasteiger partial charge in [0.1, 0.15) is 10.9 Å². The summed E-state index contributed by atoms with van der Waals surface area (Å²) < 4.78 is 28.6. The maximum Gasteiger partial charge on any atom is 0.387 e. The van der Waals surface area contributed by atoms with Gasteiger partial charge in [-0.2, -0.15) is 8.78 Å². The Morgan fingerprint density at radius 3 is 2.57 bits per heavy atom. The normalized spacial score (nSPS) is 12.7. The van der Waals surface area contributed by atoms with Crippen molar-refractivity contribution in [2.45, 2.75) is 26.1 Å². The minimum atomic E-state index is -2.88. The van der Waals surface area contributed by atoms with E-state index in [2.05, 4.69) is 25.3 Å². The van der Waals surface area contributed by atoms with Crippen molar-refractivity contribution >= 4 is 17.6 Å². The van der Waals surface area contributed by atoms with Gasteiger partial charge in [-0.05, 0) is 42.7 Å². The number of ether oxygens (including phenoxy) is 1. The van der Waals surface area contributed by atoms with E-state index in [-0.39, 0.29) is 12.3 Å². The average Bonchev–Trinajstić information content (AvgIpc) is 2.67. The summed E-state index contributed by atoms with van der Waals surface area (Å²) in [4.78, 5) is 8.40. The number of hydrogen-bond donors (Lipinski definition) is 3. The molecule has 0 saturated carbocycles. The lowest BCUT2D eigenvalue weighted by molar-refractivity contribution is -0.0498. The topological polar surface area (TPSA) is 78.8 Å². The highest BCUT2D eigenvalue weighted by atomic mass is 35.5. The highest BCUT2D eigenvalue weighted by Gasteiger charge is 2.09. The SMILES string of the molecule is CCNC(=NCC(O)c1ccc(OC(F)F)cc1)NCCc1ccc(Cl)nc1. The van der Waals surface area contributed by atoms with E-state index in [1.54, 1.807) is 12.3 Å². The fourth-order valence-electron chi connectivity index (χ4n) is 2.38. The molecule has 0 aliphatic carbocycles. The van der Waals surface area contributed by atoms with Crippen molar-refractivity contribution in [2.24, 2.45) is 4.99 Å². The molecule has 1 aromatic carbocycles. The molecule has 2 rings (SSSR count). The van der Waals surface area contributed by atoms with Crippen molar-refractivity contribution in [1.29, 1.82) is 0 Å². The summed E-state index contributed by atoms with van der Waals surface area (Å²) in [6, 6.07) is 9.49. The summed E-state index contributed by atoms with van der Waals surface area (Å²) in [7, 11) is 0. The predicted molar refractivity (Wildman–Crippen MR) is 105 cm³/mol. The van der Waals surface area contributed by atoms with Crippen LogP contribution in [0.25, 0.3) is 0 Å². The van der Waals surface area contributed by atoms with Crippen LogP contribution in [0.4, 0.5) is 8.78 Å². The molecule has 0 spiro atoms. The maximum atomic E-state index is 12.2. The largest absolute Gasteiger partial charge is 0.435 e. The number of aliphatic hydroxyl groups is 1. The first-order chi connectivity index (χ1) is 13.5. The minimum Gasteiger partial charge on any atom is -0.435 e. The third-order valence-electron chi connectivity index (χ3n) is 3.75. The fraction of sp³-hybridized carbons (Fsp3) is 0.368. The molecule has 2 aromatic rings. The molecule has 0 amide bonds. The molecule has 0 saturated heterocycles. The van der Waals surface area contributed by atoms with Crippen LogP contribution in [-0.4, -0.2) is 42.3 Å². The lowest BCUT2D eigenvalue weighted by Gasteiger charge is -2.14. The van der Waals surface area contributed by atoms with Crippen LogP contribution >= 0.6 is 11.6 Å². The zero-order chi connectivity index (χ0) is 20.4. The third kappa shape index (κ3) is 7.66. The number of benzene rings is 1. The van der Waals surface area contributed by atoms with E-state index in [4.69, 9.17) is 11.6 Å². The number of alkyl halides is 2. The Balaban J connectivity index is 1.87. The van der Waals surface area contributed by atoms with Gasteiger partial charge >= 0.3 is 6.61 Å². The molecule has 6 nitrogen and oxygen atoms in total. The van der Waals surface area contributed by atoms with Gasteiger partial charge in [-0.25, -0.2) is 4.98 Å². The van der Waals surface area contributed by atoms with Gasteiger partial charge in [-0.15, -0.1) is 0 Å². The Labute approximate surface area is 167 Å². The highest BCUT2D eigenvalue weighted by Crippen LogP contribution is 2.19. The molecule has 0 aliphatic rings. The van der Waals surface area contributed by atoms with E-state index in [1.165, 1.54) is 24.3 Å². The van der Waals surface area contributed by atoms with Crippen molar-refractivity contribution in [3.05, 3.63) is 58.9 Å². The fourth-order valence-corrected chi connectivity index (χ4v) is 2.49. The zero-order valence-corrected chi connectivity index (χ0v) is 16.2. The van der Waals surface area contributed by atoms with Crippen molar-refractivity contribution in [3.63, 3.8) is 0 Å². The zero-order valence-electron chi connectivity index (χ0n) is 15.4. The van der Waals surface area contributed by atoms with Gasteiger partial charge in [0, 0.05) is 19.3 Å². The number of aliphatic imine (C=N–C) groups is 1. The number of guanidine groups is 1. The number of hydrogen-bond acceptors (Lipinski definition) is 4. The molecular weight excluding hydrogens is 390 g/mol. The van der Waals surface area contributed by atoms with Crippen molar-refractivity contribution in [1.82, 2.24) is 15.6 Å². The second-order valence-electron chi connectivity index (χ2n) is 5.85. The van der Waals surface area contributed by atoms with Gasteiger partial charge in [0.15, 0.2) is 5.96 Å². The molecule has 9 heteroatoms. The summed E-state index contributed by atoms with van der Waals surface area (Å²) in [5.41, 5.74) is 1.60. The second-order valence-corrected chi connectivity index (χ2v) is 6.24. The number of nitrogens with one attached hydrogen (secondary N) is 2. The van der Waals surface area contributed by atoms with Crippen LogP contribution in [0.5, 0.6) is 5.75 Å². The molecular formula is C19H23ClF2N4O2. The quantitative estimate of drug-likeness (QED) is 0.335. The van der Waals surface area contributed by atoms with Crippen LogP contribution in [0.15, 0.2) is 47.6 Å². The molecule has 0 fully saturated rings. The van der Waals surface area contributed by atoms with E-state index in [1.807, 2.05) is 13.0 Å². The van der Waals surface area contributed by atoms with Crippen molar-refractivity contribution < 1.29 is 18.6 Å². The first-order valence-corrected chi connectivity index (χ1v) is 9.21. The van der Waals surface area contributed by atoms with Crippen molar-refractivity contribution in [3.8, 4) is 5.75 Å². The maximum absolute atomic E-state index is 12.2. The number of aromatic nitrogens is 1. The molecule has 3 N–H and O–H groups in total. The van der Waals surface area contributed by atoms with Gasteiger partial charge in [0.25, 0.3) is 0 Å². The highest BCUT2D eigenvalue weighted by molar-refractivity contribution is 6.29. The molecule has 1 aromatic heterocycles. The Hall–Kier alpha value is -2.45. The van der Waals surface area contributed by atoms with Crippen LogP contribution in [0.3, 0.4) is 0 Å². The minimum absolute atomic E-state index is 0.0427. The van der Waals surface area contributed by atoms with Crippen LogP contribution in [0.2, 0.25) is 5.15 Å². The third-order valence-corrected chi connectivity index (χ3v) is 3.97. The Morgan fingerprint density at radius 2 is 1.96 bits per heavy atom. The molecule has 152 valence electrons. The lowest BCUT2D eigenvalue weighted by atomic mass is 10.1. The lowest BCUT2D eigenvalue weighted by Crippen LogP contribution is -2.38. The van der Waals surface area contributed by atoms with E-state index in [0.29, 0.717) is 29.8 Å². The number of aliphatic hydroxyl groups excluding tert-OH is 1. The van der Waals surface area contributed by atoms with Gasteiger partial charge in [-0.1, -0.05) is 29.8 Å². The van der Waals surface area contributed by atoms with Crippen LogP contribution < -0.4 is 15.4 Å². The number of nitrogens with zero attached hydrogens (tertiary/aromatic N) is 2. The molecule has 28 heavy (non-hydrogen) atoms.